The van der Waals surface area contributed by atoms with Gasteiger partial charge in [-0.15, -0.1) is 11.6 Å². The number of carbonyl (C=O) groups excluding carboxylic acids is 1. The van der Waals surface area contributed by atoms with Crippen molar-refractivity contribution in [3.63, 3.8) is 0 Å². The van der Waals surface area contributed by atoms with Gasteiger partial charge in [-0.05, 0) is 43.5 Å². The van der Waals surface area contributed by atoms with E-state index in [9.17, 15) is 9.18 Å². The maximum absolute atomic E-state index is 13.0. The lowest BCUT2D eigenvalue weighted by Crippen LogP contribution is -2.05. The number of benzene rings is 1. The summed E-state index contributed by atoms with van der Waals surface area (Å²) in [5, 5.41) is 0. The zero-order valence-corrected chi connectivity index (χ0v) is 9.70. The first-order valence-electron chi connectivity index (χ1n) is 4.92. The summed E-state index contributed by atoms with van der Waals surface area (Å²) >= 11 is 5.53. The van der Waals surface area contributed by atoms with E-state index in [1.165, 1.54) is 12.1 Å². The molecular formula is C12H14ClFO. The molecule has 0 saturated heterocycles. The number of carbonyl (C=O) groups is 1. The van der Waals surface area contributed by atoms with Crippen LogP contribution in [-0.4, -0.2) is 11.7 Å². The Labute approximate surface area is 94.3 Å². The van der Waals surface area contributed by atoms with Gasteiger partial charge < -0.3 is 0 Å². The second kappa shape index (κ2) is 5.26. The van der Waals surface area contributed by atoms with Crippen LogP contribution in [0.3, 0.4) is 0 Å². The van der Waals surface area contributed by atoms with Gasteiger partial charge in [-0.1, -0.05) is 0 Å². The highest BCUT2D eigenvalue weighted by Crippen LogP contribution is 2.18. The lowest BCUT2D eigenvalue weighted by atomic mass is 9.97. The Balaban J connectivity index is 2.98. The van der Waals surface area contributed by atoms with Gasteiger partial charge in [-0.3, -0.25) is 4.79 Å². The minimum atomic E-state index is -0.293. The Morgan fingerprint density at radius 2 is 1.87 bits per heavy atom. The summed E-state index contributed by atoms with van der Waals surface area (Å²) in [5.41, 5.74) is 2.04. The molecule has 0 fully saturated rings. The molecule has 1 aromatic rings. The van der Waals surface area contributed by atoms with Crippen LogP contribution in [-0.2, 0) is 0 Å². The van der Waals surface area contributed by atoms with E-state index in [1.807, 2.05) is 0 Å². The number of hydrogen-bond acceptors (Lipinski definition) is 1. The zero-order chi connectivity index (χ0) is 11.4. The molecule has 0 aliphatic heterocycles. The van der Waals surface area contributed by atoms with E-state index in [0.717, 1.165) is 0 Å². The molecule has 0 aliphatic carbocycles. The molecule has 0 aliphatic rings. The second-order valence-electron chi connectivity index (χ2n) is 3.63. The van der Waals surface area contributed by atoms with E-state index >= 15 is 0 Å². The lowest BCUT2D eigenvalue weighted by Gasteiger charge is -2.08. The summed E-state index contributed by atoms with van der Waals surface area (Å²) < 4.78 is 13.0. The Morgan fingerprint density at radius 1 is 1.33 bits per heavy atom. The van der Waals surface area contributed by atoms with Crippen LogP contribution in [0.1, 0.15) is 34.3 Å². The molecule has 0 bridgehead atoms. The lowest BCUT2D eigenvalue weighted by molar-refractivity contribution is 0.0980. The average Bonchev–Trinajstić information content (AvgIpc) is 2.12. The number of aryl methyl sites for hydroxylation is 2. The predicted octanol–water partition coefficient (Wildman–Crippen LogP) is 3.64. The van der Waals surface area contributed by atoms with Crippen LogP contribution in [0.2, 0.25) is 0 Å². The molecule has 1 aromatic carbocycles. The molecule has 0 N–H and O–H groups in total. The number of ketones is 1. The van der Waals surface area contributed by atoms with Crippen LogP contribution < -0.4 is 0 Å². The van der Waals surface area contributed by atoms with Crippen LogP contribution >= 0.6 is 11.6 Å². The summed E-state index contributed by atoms with van der Waals surface area (Å²) in [6.45, 7) is 3.51. The number of Topliss-reactive ketones (excluding diaryl/α,β-unsaturated/α-hetero) is 1. The van der Waals surface area contributed by atoms with Gasteiger partial charge in [0.15, 0.2) is 5.78 Å². The quantitative estimate of drug-likeness (QED) is 0.568. The third-order valence-corrected chi connectivity index (χ3v) is 2.58. The van der Waals surface area contributed by atoms with Gasteiger partial charge in [0.05, 0.1) is 0 Å². The summed E-state index contributed by atoms with van der Waals surface area (Å²) in [4.78, 5) is 11.8. The SMILES string of the molecule is Cc1cc(F)cc(C)c1C(=O)CCCCl. The van der Waals surface area contributed by atoms with Crippen LogP contribution in [0.4, 0.5) is 4.39 Å². The first-order chi connectivity index (χ1) is 7.06. The molecule has 1 rings (SSSR count). The third-order valence-electron chi connectivity index (χ3n) is 2.31. The van der Waals surface area contributed by atoms with Gasteiger partial charge in [0, 0.05) is 17.9 Å². The molecule has 3 heteroatoms. The van der Waals surface area contributed by atoms with Crippen LogP contribution in [0, 0.1) is 19.7 Å². The Morgan fingerprint density at radius 3 is 2.33 bits per heavy atom. The van der Waals surface area contributed by atoms with Crippen LogP contribution in [0.25, 0.3) is 0 Å². The van der Waals surface area contributed by atoms with E-state index in [1.54, 1.807) is 13.8 Å². The Bertz CT molecular complexity index is 351. The highest BCUT2D eigenvalue weighted by molar-refractivity contribution is 6.18. The first-order valence-corrected chi connectivity index (χ1v) is 5.45. The fourth-order valence-electron chi connectivity index (χ4n) is 1.70. The number of alkyl halides is 1. The molecule has 0 saturated carbocycles. The van der Waals surface area contributed by atoms with Crippen molar-refractivity contribution in [2.45, 2.75) is 26.7 Å². The Hall–Kier alpha value is -0.890. The maximum Gasteiger partial charge on any atom is 0.163 e. The van der Waals surface area contributed by atoms with Crippen molar-refractivity contribution in [2.24, 2.45) is 0 Å². The fraction of sp³-hybridized carbons (Fsp3) is 0.417. The predicted molar refractivity (Wildman–Crippen MR) is 60.2 cm³/mol. The molecule has 0 aromatic heterocycles. The molecular weight excluding hydrogens is 215 g/mol. The van der Waals surface area contributed by atoms with Crippen molar-refractivity contribution in [3.05, 3.63) is 34.6 Å². The monoisotopic (exact) mass is 228 g/mol. The van der Waals surface area contributed by atoms with Gasteiger partial charge >= 0.3 is 0 Å². The number of hydrogen-bond donors (Lipinski definition) is 0. The molecule has 0 heterocycles. The molecule has 1 nitrogen and oxygen atoms in total. The van der Waals surface area contributed by atoms with Crippen molar-refractivity contribution < 1.29 is 9.18 Å². The first kappa shape index (κ1) is 12.2. The minimum Gasteiger partial charge on any atom is -0.294 e. The summed E-state index contributed by atoms with van der Waals surface area (Å²) in [5.74, 6) is 0.231. The van der Waals surface area contributed by atoms with Crippen molar-refractivity contribution in [1.29, 1.82) is 0 Å². The Kier molecular flexibility index (Phi) is 4.28. The smallest absolute Gasteiger partial charge is 0.163 e. The summed E-state index contributed by atoms with van der Waals surface area (Å²) in [7, 11) is 0. The van der Waals surface area contributed by atoms with E-state index in [4.69, 9.17) is 11.6 Å². The van der Waals surface area contributed by atoms with Crippen molar-refractivity contribution in [2.75, 3.05) is 5.88 Å². The van der Waals surface area contributed by atoms with E-state index < -0.39 is 0 Å². The molecule has 0 unspecified atom stereocenters. The highest BCUT2D eigenvalue weighted by atomic mass is 35.5. The summed E-state index contributed by atoms with van der Waals surface area (Å²) in [6.07, 6.45) is 1.09. The van der Waals surface area contributed by atoms with Crippen LogP contribution in [0.5, 0.6) is 0 Å². The largest absolute Gasteiger partial charge is 0.294 e. The van der Waals surface area contributed by atoms with Gasteiger partial charge in [-0.2, -0.15) is 0 Å². The topological polar surface area (TPSA) is 17.1 Å². The standard InChI is InChI=1S/C12H14ClFO/c1-8-6-10(14)7-9(2)12(8)11(15)4-3-5-13/h6-7H,3-5H2,1-2H3. The van der Waals surface area contributed by atoms with Gasteiger partial charge in [-0.25, -0.2) is 4.39 Å². The molecule has 0 atom stereocenters. The normalized spacial score (nSPS) is 10.4. The number of rotatable bonds is 4. The average molecular weight is 229 g/mol. The third kappa shape index (κ3) is 3.03. The van der Waals surface area contributed by atoms with Crippen molar-refractivity contribution >= 4 is 17.4 Å². The van der Waals surface area contributed by atoms with Crippen molar-refractivity contribution in [1.82, 2.24) is 0 Å². The number of halogens is 2. The molecule has 0 amide bonds. The molecule has 0 radical (unpaired) electrons. The second-order valence-corrected chi connectivity index (χ2v) is 4.01. The van der Waals surface area contributed by atoms with Gasteiger partial charge in [0.25, 0.3) is 0 Å². The van der Waals surface area contributed by atoms with E-state index in [2.05, 4.69) is 0 Å². The zero-order valence-electron chi connectivity index (χ0n) is 8.94. The fourth-order valence-corrected chi connectivity index (χ4v) is 1.84. The minimum absolute atomic E-state index is 0.0469. The van der Waals surface area contributed by atoms with Gasteiger partial charge in [0.2, 0.25) is 0 Å². The van der Waals surface area contributed by atoms with Crippen LogP contribution in [0.15, 0.2) is 12.1 Å². The molecule has 0 spiro atoms. The molecule has 82 valence electrons. The molecule has 15 heavy (non-hydrogen) atoms. The van der Waals surface area contributed by atoms with E-state index in [-0.39, 0.29) is 11.6 Å². The van der Waals surface area contributed by atoms with Crippen molar-refractivity contribution in [3.8, 4) is 0 Å². The van der Waals surface area contributed by atoms with Gasteiger partial charge in [0.1, 0.15) is 5.82 Å². The summed E-state index contributed by atoms with van der Waals surface area (Å²) in [6, 6.07) is 2.78. The maximum atomic E-state index is 13.0. The highest BCUT2D eigenvalue weighted by Gasteiger charge is 2.12. The van der Waals surface area contributed by atoms with E-state index in [0.29, 0.717) is 35.4 Å².